The van der Waals surface area contributed by atoms with Crippen molar-refractivity contribution in [3.8, 4) is 0 Å². The van der Waals surface area contributed by atoms with Gasteiger partial charge in [0.25, 0.3) is 0 Å². The second kappa shape index (κ2) is 7.75. The van der Waals surface area contributed by atoms with Gasteiger partial charge >= 0.3 is 0 Å². The molecule has 2 N–H and O–H groups in total. The maximum absolute atomic E-state index is 13.4. The van der Waals surface area contributed by atoms with Crippen LogP contribution in [0.15, 0.2) is 35.7 Å². The largest absolute Gasteiger partial charge is 0.369 e. The van der Waals surface area contributed by atoms with Crippen LogP contribution in [0.25, 0.3) is 0 Å². The number of rotatable bonds is 5. The van der Waals surface area contributed by atoms with E-state index in [4.69, 9.17) is 0 Å². The lowest BCUT2D eigenvalue weighted by atomic mass is 9.95. The molecule has 24 heavy (non-hydrogen) atoms. The van der Waals surface area contributed by atoms with E-state index in [1.807, 2.05) is 17.5 Å². The fraction of sp³-hybridized carbons (Fsp3) is 0.389. The van der Waals surface area contributed by atoms with E-state index >= 15 is 0 Å². The van der Waals surface area contributed by atoms with Crippen LogP contribution >= 0.6 is 11.3 Å². The topological polar surface area (TPSA) is 41.1 Å². The number of hydrogen-bond donors (Lipinski definition) is 2. The van der Waals surface area contributed by atoms with Gasteiger partial charge in [-0.2, -0.15) is 0 Å². The highest BCUT2D eigenvalue weighted by Gasteiger charge is 2.25. The van der Waals surface area contributed by atoms with Gasteiger partial charge in [-0.3, -0.25) is 4.79 Å². The molecule has 1 atom stereocenters. The van der Waals surface area contributed by atoms with Crippen LogP contribution in [0.5, 0.6) is 0 Å². The summed E-state index contributed by atoms with van der Waals surface area (Å²) in [5.41, 5.74) is 0.381. The normalized spacial score (nSPS) is 16.6. The zero-order chi connectivity index (χ0) is 16.9. The molecule has 0 aliphatic heterocycles. The lowest BCUT2D eigenvalue weighted by molar-refractivity contribution is -0.122. The van der Waals surface area contributed by atoms with Crippen LogP contribution in [-0.2, 0) is 4.79 Å². The number of anilines is 1. The van der Waals surface area contributed by atoms with Crippen LogP contribution in [0.4, 0.5) is 14.5 Å². The minimum absolute atomic E-state index is 0.130. The van der Waals surface area contributed by atoms with Crippen molar-refractivity contribution in [2.75, 3.05) is 5.32 Å². The summed E-state index contributed by atoms with van der Waals surface area (Å²) < 4.78 is 26.5. The van der Waals surface area contributed by atoms with Crippen molar-refractivity contribution in [3.63, 3.8) is 0 Å². The third-order valence-electron chi connectivity index (χ3n) is 4.27. The predicted octanol–water partition coefficient (Wildman–Crippen LogP) is 4.63. The van der Waals surface area contributed by atoms with Crippen LogP contribution in [0, 0.1) is 11.6 Å². The number of thiophene rings is 1. The molecular formula is C18H20F2N2OS. The summed E-state index contributed by atoms with van der Waals surface area (Å²) in [5.74, 6) is -1.97. The zero-order valence-corrected chi connectivity index (χ0v) is 14.0. The molecule has 1 aliphatic carbocycles. The Kier molecular flexibility index (Phi) is 5.45. The molecule has 1 heterocycles. The first-order valence-corrected chi connectivity index (χ1v) is 9.07. The highest BCUT2D eigenvalue weighted by Crippen LogP contribution is 2.26. The number of nitrogens with one attached hydrogen (secondary N) is 2. The van der Waals surface area contributed by atoms with Gasteiger partial charge in [0.05, 0.1) is 0 Å². The predicted molar refractivity (Wildman–Crippen MR) is 92.1 cm³/mol. The van der Waals surface area contributed by atoms with Gasteiger partial charge < -0.3 is 10.6 Å². The minimum Gasteiger partial charge on any atom is -0.369 e. The van der Waals surface area contributed by atoms with Gasteiger partial charge in [-0.1, -0.05) is 25.3 Å². The summed E-state index contributed by atoms with van der Waals surface area (Å²) in [6, 6.07) is 6.88. The van der Waals surface area contributed by atoms with E-state index in [0.29, 0.717) is 5.69 Å². The average molecular weight is 350 g/mol. The zero-order valence-electron chi connectivity index (χ0n) is 13.2. The monoisotopic (exact) mass is 350 g/mol. The van der Waals surface area contributed by atoms with Crippen molar-refractivity contribution in [3.05, 3.63) is 52.2 Å². The molecular weight excluding hydrogens is 330 g/mol. The number of amides is 1. The van der Waals surface area contributed by atoms with E-state index in [9.17, 15) is 13.6 Å². The molecule has 0 radical (unpaired) electrons. The fourth-order valence-corrected chi connectivity index (χ4v) is 3.78. The molecule has 1 aliphatic rings. The number of halogens is 2. The molecule has 1 aromatic heterocycles. The molecule has 3 nitrogen and oxygen atoms in total. The number of carbonyl (C=O) groups excluding carboxylic acids is 1. The summed E-state index contributed by atoms with van der Waals surface area (Å²) in [5, 5.41) is 8.01. The van der Waals surface area contributed by atoms with Gasteiger partial charge in [0, 0.05) is 22.7 Å². The quantitative estimate of drug-likeness (QED) is 0.825. The molecule has 1 saturated carbocycles. The Labute approximate surface area is 144 Å². The molecule has 0 bridgehead atoms. The van der Waals surface area contributed by atoms with E-state index in [1.54, 1.807) is 0 Å². The second-order valence-electron chi connectivity index (χ2n) is 6.07. The first-order chi connectivity index (χ1) is 11.6. The fourth-order valence-electron chi connectivity index (χ4n) is 3.01. The number of benzene rings is 1. The van der Waals surface area contributed by atoms with Crippen molar-refractivity contribution >= 4 is 22.9 Å². The molecule has 1 amide bonds. The van der Waals surface area contributed by atoms with Gasteiger partial charge in [0.1, 0.15) is 6.04 Å². The highest BCUT2D eigenvalue weighted by molar-refractivity contribution is 7.10. The van der Waals surface area contributed by atoms with Gasteiger partial charge in [0.15, 0.2) is 11.6 Å². The first-order valence-electron chi connectivity index (χ1n) is 8.19. The van der Waals surface area contributed by atoms with Crippen LogP contribution in [0.3, 0.4) is 0 Å². The van der Waals surface area contributed by atoms with E-state index in [2.05, 4.69) is 10.6 Å². The molecule has 1 aromatic carbocycles. The first kappa shape index (κ1) is 16.9. The summed E-state index contributed by atoms with van der Waals surface area (Å²) >= 11 is 1.46. The van der Waals surface area contributed by atoms with Crippen molar-refractivity contribution in [2.24, 2.45) is 0 Å². The molecule has 6 heteroatoms. The summed E-state index contributed by atoms with van der Waals surface area (Å²) in [6.45, 7) is 0. The maximum Gasteiger partial charge on any atom is 0.248 e. The van der Waals surface area contributed by atoms with E-state index < -0.39 is 17.7 Å². The SMILES string of the molecule is O=C(NC1CCCCC1)C(Nc1ccc(F)c(F)c1)c1cccs1. The van der Waals surface area contributed by atoms with Gasteiger partial charge in [0.2, 0.25) is 5.91 Å². The van der Waals surface area contributed by atoms with E-state index in [-0.39, 0.29) is 11.9 Å². The van der Waals surface area contributed by atoms with Crippen LogP contribution in [0.1, 0.15) is 43.0 Å². The maximum atomic E-state index is 13.4. The lowest BCUT2D eigenvalue weighted by Crippen LogP contribution is -2.41. The summed E-state index contributed by atoms with van der Waals surface area (Å²) in [4.78, 5) is 13.6. The molecule has 128 valence electrons. The average Bonchev–Trinajstić information content (AvgIpc) is 3.11. The third kappa shape index (κ3) is 4.12. The Morgan fingerprint density at radius 3 is 2.58 bits per heavy atom. The smallest absolute Gasteiger partial charge is 0.248 e. The van der Waals surface area contributed by atoms with Gasteiger partial charge in [-0.05, 0) is 36.4 Å². The van der Waals surface area contributed by atoms with E-state index in [0.717, 1.165) is 42.7 Å². The van der Waals surface area contributed by atoms with Crippen LogP contribution in [-0.4, -0.2) is 11.9 Å². The minimum atomic E-state index is -0.933. The number of hydrogen-bond acceptors (Lipinski definition) is 3. The Morgan fingerprint density at radius 2 is 1.92 bits per heavy atom. The van der Waals surface area contributed by atoms with Crippen LogP contribution in [0.2, 0.25) is 0 Å². The Morgan fingerprint density at radius 1 is 1.12 bits per heavy atom. The summed E-state index contributed by atoms with van der Waals surface area (Å²) in [7, 11) is 0. The van der Waals surface area contributed by atoms with Gasteiger partial charge in [-0.15, -0.1) is 11.3 Å². The number of carbonyl (C=O) groups is 1. The summed E-state index contributed by atoms with van der Waals surface area (Å²) in [6.07, 6.45) is 5.46. The lowest BCUT2D eigenvalue weighted by Gasteiger charge is -2.26. The second-order valence-corrected chi connectivity index (χ2v) is 7.04. The molecule has 1 unspecified atom stereocenters. The molecule has 1 fully saturated rings. The Hall–Kier alpha value is -1.95. The van der Waals surface area contributed by atoms with Crippen molar-refractivity contribution in [2.45, 2.75) is 44.2 Å². The molecule has 0 spiro atoms. The Bertz CT molecular complexity index is 684. The molecule has 3 rings (SSSR count). The molecule has 2 aromatic rings. The standard InChI is InChI=1S/C18H20F2N2OS/c19-14-9-8-13(11-15(14)20)21-17(16-7-4-10-24-16)18(23)22-12-5-2-1-3-6-12/h4,7-12,17,21H,1-3,5-6H2,(H,22,23). The molecule has 0 saturated heterocycles. The third-order valence-corrected chi connectivity index (χ3v) is 5.21. The van der Waals surface area contributed by atoms with Crippen molar-refractivity contribution < 1.29 is 13.6 Å². The van der Waals surface area contributed by atoms with Gasteiger partial charge in [-0.25, -0.2) is 8.78 Å². The van der Waals surface area contributed by atoms with Crippen molar-refractivity contribution in [1.82, 2.24) is 5.32 Å². The van der Waals surface area contributed by atoms with Crippen molar-refractivity contribution in [1.29, 1.82) is 0 Å². The van der Waals surface area contributed by atoms with Crippen LogP contribution < -0.4 is 10.6 Å². The van der Waals surface area contributed by atoms with E-state index in [1.165, 1.54) is 23.8 Å². The Balaban J connectivity index is 1.75. The highest BCUT2D eigenvalue weighted by atomic mass is 32.1.